The molecular weight excluding hydrogens is 263 g/mol. The molecular formula is C15H12ClFN2. The minimum Gasteiger partial charge on any atom is -0.309 e. The van der Waals surface area contributed by atoms with E-state index in [1.807, 2.05) is 18.2 Å². The summed E-state index contributed by atoms with van der Waals surface area (Å²) in [5, 5.41) is 12.3. The van der Waals surface area contributed by atoms with Crippen molar-refractivity contribution in [3.8, 4) is 6.07 Å². The molecule has 96 valence electrons. The summed E-state index contributed by atoms with van der Waals surface area (Å²) in [6.07, 6.45) is 0. The number of nitrogens with zero attached hydrogens (tertiary/aromatic N) is 1. The molecule has 4 heteroatoms. The van der Waals surface area contributed by atoms with Gasteiger partial charge in [-0.1, -0.05) is 29.8 Å². The highest BCUT2D eigenvalue weighted by molar-refractivity contribution is 6.30. The Morgan fingerprint density at radius 2 is 2.00 bits per heavy atom. The van der Waals surface area contributed by atoms with Crippen molar-refractivity contribution in [2.75, 3.05) is 0 Å². The van der Waals surface area contributed by atoms with Crippen LogP contribution in [-0.2, 0) is 13.1 Å². The van der Waals surface area contributed by atoms with E-state index < -0.39 is 0 Å². The second kappa shape index (κ2) is 6.33. The molecule has 2 nitrogen and oxygen atoms in total. The van der Waals surface area contributed by atoms with Gasteiger partial charge in [0.2, 0.25) is 0 Å². The summed E-state index contributed by atoms with van der Waals surface area (Å²) >= 11 is 5.69. The molecule has 1 N–H and O–H groups in total. The number of nitrogens with one attached hydrogen (secondary N) is 1. The van der Waals surface area contributed by atoms with E-state index in [-0.39, 0.29) is 5.82 Å². The van der Waals surface area contributed by atoms with E-state index in [1.54, 1.807) is 18.2 Å². The third kappa shape index (κ3) is 3.78. The molecule has 0 aliphatic carbocycles. The van der Waals surface area contributed by atoms with Gasteiger partial charge in [0, 0.05) is 23.7 Å². The lowest BCUT2D eigenvalue weighted by atomic mass is 10.1. The summed E-state index contributed by atoms with van der Waals surface area (Å²) in [6, 6.07) is 14.0. The van der Waals surface area contributed by atoms with Gasteiger partial charge in [-0.25, -0.2) is 4.39 Å². The van der Waals surface area contributed by atoms with Crippen LogP contribution in [0, 0.1) is 17.1 Å². The van der Waals surface area contributed by atoms with Crippen LogP contribution in [0.4, 0.5) is 4.39 Å². The fraction of sp³-hybridized carbons (Fsp3) is 0.133. The van der Waals surface area contributed by atoms with Gasteiger partial charge < -0.3 is 5.32 Å². The summed E-state index contributed by atoms with van der Waals surface area (Å²) in [5.41, 5.74) is 2.19. The summed E-state index contributed by atoms with van der Waals surface area (Å²) in [7, 11) is 0. The standard InChI is InChI=1S/C15H12ClFN2/c16-14-5-4-13(15(17)7-14)10-19-9-12-3-1-2-11(6-12)8-18/h1-7,19H,9-10H2. The second-order valence-corrected chi connectivity index (χ2v) is 4.59. The maximum atomic E-state index is 13.5. The van der Waals surface area contributed by atoms with E-state index in [4.69, 9.17) is 16.9 Å². The highest BCUT2D eigenvalue weighted by Gasteiger charge is 2.02. The Balaban J connectivity index is 1.94. The van der Waals surface area contributed by atoms with E-state index in [9.17, 15) is 4.39 Å². The summed E-state index contributed by atoms with van der Waals surface area (Å²) in [4.78, 5) is 0. The Morgan fingerprint density at radius 3 is 2.74 bits per heavy atom. The van der Waals surface area contributed by atoms with E-state index in [1.165, 1.54) is 6.07 Å². The lowest BCUT2D eigenvalue weighted by Gasteiger charge is -2.06. The molecule has 0 radical (unpaired) electrons. The Morgan fingerprint density at radius 1 is 1.16 bits per heavy atom. The van der Waals surface area contributed by atoms with Gasteiger partial charge in [0.1, 0.15) is 5.82 Å². The van der Waals surface area contributed by atoms with Gasteiger partial charge in [-0.05, 0) is 29.8 Å². The third-order valence-electron chi connectivity index (χ3n) is 2.72. The van der Waals surface area contributed by atoms with Gasteiger partial charge in [-0.3, -0.25) is 0 Å². The predicted molar refractivity (Wildman–Crippen MR) is 73.1 cm³/mol. The van der Waals surface area contributed by atoms with E-state index in [0.717, 1.165) is 5.56 Å². The maximum absolute atomic E-state index is 13.5. The molecule has 0 aliphatic heterocycles. The van der Waals surface area contributed by atoms with Crippen molar-refractivity contribution in [2.45, 2.75) is 13.1 Å². The van der Waals surface area contributed by atoms with E-state index in [2.05, 4.69) is 11.4 Å². The molecule has 0 fully saturated rings. The number of benzene rings is 2. The molecule has 0 heterocycles. The lowest BCUT2D eigenvalue weighted by molar-refractivity contribution is 0.588. The van der Waals surface area contributed by atoms with Gasteiger partial charge >= 0.3 is 0 Å². The first kappa shape index (κ1) is 13.5. The molecule has 0 bridgehead atoms. The van der Waals surface area contributed by atoms with Crippen molar-refractivity contribution in [3.63, 3.8) is 0 Å². The Hall–Kier alpha value is -1.89. The molecule has 19 heavy (non-hydrogen) atoms. The molecule has 0 spiro atoms. The SMILES string of the molecule is N#Cc1cccc(CNCc2ccc(Cl)cc2F)c1. The number of hydrogen-bond acceptors (Lipinski definition) is 2. The average molecular weight is 275 g/mol. The zero-order valence-corrected chi connectivity index (χ0v) is 10.9. The Bertz CT molecular complexity index is 620. The molecule has 0 amide bonds. The molecule has 0 aliphatic rings. The summed E-state index contributed by atoms with van der Waals surface area (Å²) in [6.45, 7) is 0.997. The van der Waals surface area contributed by atoms with Crippen LogP contribution in [-0.4, -0.2) is 0 Å². The first-order valence-electron chi connectivity index (χ1n) is 5.83. The second-order valence-electron chi connectivity index (χ2n) is 4.15. The smallest absolute Gasteiger partial charge is 0.129 e. The third-order valence-corrected chi connectivity index (χ3v) is 2.95. The first-order valence-corrected chi connectivity index (χ1v) is 6.20. The fourth-order valence-electron chi connectivity index (χ4n) is 1.76. The molecule has 0 aromatic heterocycles. The summed E-state index contributed by atoms with van der Waals surface area (Å²) in [5.74, 6) is -0.314. The topological polar surface area (TPSA) is 35.8 Å². The predicted octanol–water partition coefficient (Wildman–Crippen LogP) is 3.64. The van der Waals surface area contributed by atoms with Crippen LogP contribution in [0.25, 0.3) is 0 Å². The molecule has 0 saturated carbocycles. The van der Waals surface area contributed by atoms with Gasteiger partial charge in [-0.15, -0.1) is 0 Å². The van der Waals surface area contributed by atoms with Crippen molar-refractivity contribution in [2.24, 2.45) is 0 Å². The van der Waals surface area contributed by atoms with Gasteiger partial charge in [-0.2, -0.15) is 5.26 Å². The van der Waals surface area contributed by atoms with E-state index in [0.29, 0.717) is 29.2 Å². The highest BCUT2D eigenvalue weighted by atomic mass is 35.5. The molecule has 2 rings (SSSR count). The van der Waals surface area contributed by atoms with Crippen molar-refractivity contribution in [3.05, 3.63) is 70.0 Å². The van der Waals surface area contributed by atoms with Crippen LogP contribution < -0.4 is 5.32 Å². The molecule has 0 atom stereocenters. The quantitative estimate of drug-likeness (QED) is 0.924. The number of halogens is 2. The van der Waals surface area contributed by atoms with Crippen LogP contribution in [0.3, 0.4) is 0 Å². The molecule has 0 saturated heterocycles. The van der Waals surface area contributed by atoms with Crippen LogP contribution in [0.1, 0.15) is 16.7 Å². The lowest BCUT2D eigenvalue weighted by Crippen LogP contribution is -2.13. The van der Waals surface area contributed by atoms with Gasteiger partial charge in [0.05, 0.1) is 11.6 Å². The van der Waals surface area contributed by atoms with Crippen molar-refractivity contribution in [1.82, 2.24) is 5.32 Å². The van der Waals surface area contributed by atoms with Crippen molar-refractivity contribution < 1.29 is 4.39 Å². The number of rotatable bonds is 4. The minimum absolute atomic E-state index is 0.314. The average Bonchev–Trinajstić information content (AvgIpc) is 2.41. The van der Waals surface area contributed by atoms with Crippen LogP contribution in [0.2, 0.25) is 5.02 Å². The van der Waals surface area contributed by atoms with Crippen LogP contribution in [0.15, 0.2) is 42.5 Å². The molecule has 2 aromatic rings. The summed E-state index contributed by atoms with van der Waals surface area (Å²) < 4.78 is 13.5. The Kier molecular flexibility index (Phi) is 4.51. The monoisotopic (exact) mass is 274 g/mol. The minimum atomic E-state index is -0.314. The fourth-order valence-corrected chi connectivity index (χ4v) is 1.92. The van der Waals surface area contributed by atoms with E-state index >= 15 is 0 Å². The van der Waals surface area contributed by atoms with Crippen LogP contribution >= 0.6 is 11.6 Å². The van der Waals surface area contributed by atoms with Gasteiger partial charge in [0.25, 0.3) is 0 Å². The first-order chi connectivity index (χ1) is 9.19. The molecule has 2 aromatic carbocycles. The van der Waals surface area contributed by atoms with Crippen LogP contribution in [0.5, 0.6) is 0 Å². The molecule has 0 unspecified atom stereocenters. The number of hydrogen-bond donors (Lipinski definition) is 1. The Labute approximate surface area is 116 Å². The van der Waals surface area contributed by atoms with Crippen molar-refractivity contribution >= 4 is 11.6 Å². The highest BCUT2D eigenvalue weighted by Crippen LogP contribution is 2.14. The zero-order chi connectivity index (χ0) is 13.7. The maximum Gasteiger partial charge on any atom is 0.129 e. The van der Waals surface area contributed by atoms with Crippen molar-refractivity contribution in [1.29, 1.82) is 5.26 Å². The number of nitriles is 1. The van der Waals surface area contributed by atoms with Gasteiger partial charge in [0.15, 0.2) is 0 Å². The largest absolute Gasteiger partial charge is 0.309 e. The zero-order valence-electron chi connectivity index (χ0n) is 10.2. The normalized spacial score (nSPS) is 10.2.